The average Bonchev–Trinajstić information content (AvgIpc) is 2.99. The van der Waals surface area contributed by atoms with Gasteiger partial charge in [-0.3, -0.25) is 4.79 Å². The van der Waals surface area contributed by atoms with E-state index in [9.17, 15) is 4.79 Å². The summed E-state index contributed by atoms with van der Waals surface area (Å²) in [6, 6.07) is 19.1. The van der Waals surface area contributed by atoms with E-state index < -0.39 is 0 Å². The van der Waals surface area contributed by atoms with Crippen LogP contribution in [0.1, 0.15) is 121 Å². The number of aryl methyl sites for hydroxylation is 1. The molecule has 2 aromatic rings. The number of carbonyl (C=O) groups is 1. The van der Waals surface area contributed by atoms with Crippen molar-refractivity contribution in [3.8, 4) is 5.75 Å². The molecule has 0 amide bonds. The third kappa shape index (κ3) is 16.9. The number of quaternary nitrogens is 1. The normalized spacial score (nSPS) is 12.3. The van der Waals surface area contributed by atoms with Gasteiger partial charge in [0.1, 0.15) is 18.2 Å². The highest BCUT2D eigenvalue weighted by atomic mass is 16.5. The maximum atomic E-state index is 12.7. The van der Waals surface area contributed by atoms with Crippen molar-refractivity contribution in [2.45, 2.75) is 123 Å². The first-order valence-corrected chi connectivity index (χ1v) is 17.2. The summed E-state index contributed by atoms with van der Waals surface area (Å²) < 4.78 is 12.4. The van der Waals surface area contributed by atoms with E-state index in [0.29, 0.717) is 13.2 Å². The Morgan fingerprint density at radius 3 is 1.83 bits per heavy atom. The molecule has 0 N–H and O–H groups in total. The second-order valence-corrected chi connectivity index (χ2v) is 12.9. The van der Waals surface area contributed by atoms with Crippen molar-refractivity contribution in [2.24, 2.45) is 5.92 Å². The van der Waals surface area contributed by atoms with Gasteiger partial charge in [0.15, 0.2) is 0 Å². The molecule has 0 aromatic heterocycles. The second kappa shape index (κ2) is 22.2. The van der Waals surface area contributed by atoms with Crippen molar-refractivity contribution < 1.29 is 18.8 Å². The lowest BCUT2D eigenvalue weighted by Crippen LogP contribution is -2.44. The number of rotatable bonds is 25. The van der Waals surface area contributed by atoms with Gasteiger partial charge >= 0.3 is 5.97 Å². The Morgan fingerprint density at radius 1 is 0.667 bits per heavy atom. The molecule has 2 rings (SSSR count). The van der Waals surface area contributed by atoms with Crippen molar-refractivity contribution in [3.63, 3.8) is 0 Å². The first-order valence-electron chi connectivity index (χ1n) is 17.2. The first-order chi connectivity index (χ1) is 20.4. The summed E-state index contributed by atoms with van der Waals surface area (Å²) >= 11 is 0. The van der Waals surface area contributed by atoms with Gasteiger partial charge in [0.05, 0.1) is 33.9 Å². The van der Waals surface area contributed by atoms with Crippen LogP contribution in [0.3, 0.4) is 0 Å². The van der Waals surface area contributed by atoms with Gasteiger partial charge in [-0.05, 0) is 49.8 Å². The molecule has 42 heavy (non-hydrogen) atoms. The van der Waals surface area contributed by atoms with Crippen molar-refractivity contribution in [1.82, 2.24) is 0 Å². The lowest BCUT2D eigenvalue weighted by molar-refractivity contribution is -0.906. The van der Waals surface area contributed by atoms with E-state index in [2.05, 4.69) is 76.5 Å². The smallest absolute Gasteiger partial charge is 0.314 e. The molecule has 2 aromatic carbocycles. The standard InChI is InChI=1S/C38H62NO3/c1-5-7-8-9-10-11-12-13-14-15-16-18-23-34-26-28-37(29-27-34)41-30-21-22-31-42-38(40)36(6-2)33-39(3,4)32-35-24-19-17-20-25-35/h17,19-20,24-29,36H,5-16,18,21-23,30-33H2,1-4H3/q+1. The van der Waals surface area contributed by atoms with Crippen molar-refractivity contribution >= 4 is 5.97 Å². The first kappa shape index (κ1) is 35.9. The molecule has 4 nitrogen and oxygen atoms in total. The Hall–Kier alpha value is -2.33. The molecule has 0 spiro atoms. The monoisotopic (exact) mass is 580 g/mol. The van der Waals surface area contributed by atoms with Crippen LogP contribution in [0, 0.1) is 5.92 Å². The summed E-state index contributed by atoms with van der Waals surface area (Å²) in [5.41, 5.74) is 2.69. The predicted molar refractivity (Wildman–Crippen MR) is 178 cm³/mol. The number of unbranched alkanes of at least 4 members (excludes halogenated alkanes) is 12. The fourth-order valence-corrected chi connectivity index (χ4v) is 5.72. The van der Waals surface area contributed by atoms with Crippen LogP contribution >= 0.6 is 0 Å². The fraction of sp³-hybridized carbons (Fsp3) is 0.658. The molecule has 1 unspecified atom stereocenters. The minimum Gasteiger partial charge on any atom is -0.494 e. The molecule has 0 heterocycles. The molecule has 0 aliphatic rings. The number of ether oxygens (including phenoxy) is 2. The molecule has 236 valence electrons. The third-order valence-electron chi connectivity index (χ3n) is 8.29. The molecule has 0 fully saturated rings. The van der Waals surface area contributed by atoms with Crippen LogP contribution < -0.4 is 4.74 Å². The summed E-state index contributed by atoms with van der Waals surface area (Å²) in [6.45, 7) is 7.15. The number of carbonyl (C=O) groups excluding carboxylic acids is 1. The molecule has 0 radical (unpaired) electrons. The maximum Gasteiger partial charge on any atom is 0.314 e. The van der Waals surface area contributed by atoms with Crippen LogP contribution in [0.2, 0.25) is 0 Å². The molecular weight excluding hydrogens is 518 g/mol. The predicted octanol–water partition coefficient (Wildman–Crippen LogP) is 9.94. The quantitative estimate of drug-likeness (QED) is 0.0666. The average molecular weight is 581 g/mol. The van der Waals surface area contributed by atoms with Gasteiger partial charge in [-0.1, -0.05) is 127 Å². The highest BCUT2D eigenvalue weighted by molar-refractivity contribution is 5.72. The summed E-state index contributed by atoms with van der Waals surface area (Å²) in [5.74, 6) is 0.782. The molecule has 1 atom stereocenters. The van der Waals surface area contributed by atoms with Crippen LogP contribution in [0.5, 0.6) is 5.75 Å². The molecule has 0 bridgehead atoms. The van der Waals surface area contributed by atoms with Gasteiger partial charge in [-0.25, -0.2) is 0 Å². The van der Waals surface area contributed by atoms with Gasteiger partial charge in [0.25, 0.3) is 0 Å². The van der Waals surface area contributed by atoms with Gasteiger partial charge in [0.2, 0.25) is 0 Å². The molecule has 0 aliphatic carbocycles. The molecule has 0 saturated carbocycles. The largest absolute Gasteiger partial charge is 0.494 e. The lowest BCUT2D eigenvalue weighted by atomic mass is 10.0. The number of nitrogens with zero attached hydrogens (tertiary/aromatic N) is 1. The van der Waals surface area contributed by atoms with Crippen molar-refractivity contribution in [3.05, 3.63) is 65.7 Å². The summed E-state index contributed by atoms with van der Waals surface area (Å²) in [5, 5.41) is 0. The highest BCUT2D eigenvalue weighted by Gasteiger charge is 2.27. The van der Waals surface area contributed by atoms with E-state index in [0.717, 1.165) is 49.0 Å². The van der Waals surface area contributed by atoms with Crippen LogP contribution in [0.4, 0.5) is 0 Å². The van der Waals surface area contributed by atoms with Crippen molar-refractivity contribution in [1.29, 1.82) is 0 Å². The molecular formula is C38H62NO3+. The summed E-state index contributed by atoms with van der Waals surface area (Å²) in [4.78, 5) is 12.7. The third-order valence-corrected chi connectivity index (χ3v) is 8.29. The Morgan fingerprint density at radius 2 is 1.24 bits per heavy atom. The number of esters is 1. The minimum absolute atomic E-state index is 0.0681. The Labute approximate surface area is 258 Å². The van der Waals surface area contributed by atoms with Gasteiger partial charge in [0, 0.05) is 5.56 Å². The SMILES string of the molecule is CCCCCCCCCCCCCCc1ccc(OCCCCOC(=O)C(CC)C[N+](C)(C)Cc2ccccc2)cc1. The van der Waals surface area contributed by atoms with Gasteiger partial charge in [-0.15, -0.1) is 0 Å². The highest BCUT2D eigenvalue weighted by Crippen LogP contribution is 2.18. The molecule has 0 saturated heterocycles. The van der Waals surface area contributed by atoms with Crippen LogP contribution in [0.15, 0.2) is 54.6 Å². The van der Waals surface area contributed by atoms with Crippen LogP contribution in [-0.4, -0.2) is 44.3 Å². The van der Waals surface area contributed by atoms with E-state index in [1.54, 1.807) is 0 Å². The summed E-state index contributed by atoms with van der Waals surface area (Å²) in [7, 11) is 4.37. The topological polar surface area (TPSA) is 35.5 Å². The van der Waals surface area contributed by atoms with Gasteiger partial charge in [-0.2, -0.15) is 0 Å². The van der Waals surface area contributed by atoms with E-state index in [1.165, 1.54) is 88.2 Å². The van der Waals surface area contributed by atoms with Crippen LogP contribution in [-0.2, 0) is 22.5 Å². The zero-order chi connectivity index (χ0) is 30.3. The van der Waals surface area contributed by atoms with Crippen molar-refractivity contribution in [2.75, 3.05) is 33.9 Å². The zero-order valence-corrected chi connectivity index (χ0v) is 27.6. The Bertz CT molecular complexity index is 925. The lowest BCUT2D eigenvalue weighted by Gasteiger charge is -2.32. The minimum atomic E-state index is -0.0756. The van der Waals surface area contributed by atoms with Crippen LogP contribution in [0.25, 0.3) is 0 Å². The Balaban J connectivity index is 1.49. The summed E-state index contributed by atoms with van der Waals surface area (Å²) in [6.07, 6.45) is 20.3. The van der Waals surface area contributed by atoms with E-state index >= 15 is 0 Å². The number of benzene rings is 2. The van der Waals surface area contributed by atoms with E-state index in [1.807, 2.05) is 6.07 Å². The van der Waals surface area contributed by atoms with E-state index in [4.69, 9.17) is 9.47 Å². The second-order valence-electron chi connectivity index (χ2n) is 12.9. The Kier molecular flexibility index (Phi) is 19.0. The number of hydrogen-bond acceptors (Lipinski definition) is 3. The zero-order valence-electron chi connectivity index (χ0n) is 27.6. The number of hydrogen-bond donors (Lipinski definition) is 0. The molecule has 4 heteroatoms. The van der Waals surface area contributed by atoms with E-state index in [-0.39, 0.29) is 11.9 Å². The maximum absolute atomic E-state index is 12.7. The van der Waals surface area contributed by atoms with Gasteiger partial charge < -0.3 is 14.0 Å². The molecule has 0 aliphatic heterocycles. The fourth-order valence-electron chi connectivity index (χ4n) is 5.72.